The van der Waals surface area contributed by atoms with Crippen LogP contribution in [0.15, 0.2) is 71.8 Å². The van der Waals surface area contributed by atoms with Gasteiger partial charge in [-0.1, -0.05) is 97.8 Å². The van der Waals surface area contributed by atoms with Crippen molar-refractivity contribution < 1.29 is 49.0 Å². The normalized spacial score (nSPS) is 18.4. The Labute approximate surface area is 325 Å². The largest absolute Gasteiger partial charge is 1.00 e. The predicted molar refractivity (Wildman–Crippen MR) is 202 cm³/mol. The third-order valence-electron chi connectivity index (χ3n) is 10.3. The molecule has 0 fully saturated rings. The van der Waals surface area contributed by atoms with E-state index in [4.69, 9.17) is 0 Å². The molecule has 0 spiro atoms. The van der Waals surface area contributed by atoms with Crippen LogP contribution in [0.4, 0.5) is 0 Å². The van der Waals surface area contributed by atoms with E-state index in [2.05, 4.69) is 167 Å². The van der Waals surface area contributed by atoms with Gasteiger partial charge in [-0.3, -0.25) is 12.2 Å². The molecule has 49 heavy (non-hydrogen) atoms. The number of benzene rings is 3. The Balaban J connectivity index is 0.000000228. The Hall–Kier alpha value is -2.05. The van der Waals surface area contributed by atoms with Gasteiger partial charge in [-0.15, -0.1) is 11.6 Å². The third-order valence-corrected chi connectivity index (χ3v) is 11.1. The third kappa shape index (κ3) is 8.54. The molecular weight excluding hydrogens is 715 g/mol. The fourth-order valence-corrected chi connectivity index (χ4v) is 8.31. The molecule has 1 atom stereocenters. The standard InChI is InChI=1S/C25H25.C11H14.C10H15.2ClH.Zr/c1-14-12-24(3,4)22-8-16-7-17-9-23-19(15(2)13-25(23,5)6)11-21(17)20(16)10-18(14)22;1-9-5-7-10(8-6-9)11(2,3)4;1-7(2)10-6-8(3)5-9(10)4;;;/h8-12H,7H2,1-6H3;1,5-8H,2-4H3;6-8H,1-4H3;2*1H;/q-1;;-1;;;+2/p-2. The second-order valence-electron chi connectivity index (χ2n) is 16.6. The van der Waals surface area contributed by atoms with Gasteiger partial charge in [0.25, 0.3) is 0 Å². The molecule has 7 rings (SSSR count). The average Bonchev–Trinajstić information content (AvgIpc) is 3.65. The number of rotatable bonds is 2. The van der Waals surface area contributed by atoms with Crippen molar-refractivity contribution in [2.45, 2.75) is 113 Å². The first-order valence-corrected chi connectivity index (χ1v) is 18.8. The van der Waals surface area contributed by atoms with Gasteiger partial charge in [0.1, 0.15) is 0 Å². The summed E-state index contributed by atoms with van der Waals surface area (Å²) in [5, 5.41) is 0. The molecule has 3 aromatic rings. The fraction of sp³-hybridized carbons (Fsp3) is 0.413. The molecule has 0 aliphatic heterocycles. The summed E-state index contributed by atoms with van der Waals surface area (Å²) in [7, 11) is 0. The average molecular weight is 769 g/mol. The first-order chi connectivity index (χ1) is 21.8. The molecule has 3 heteroatoms. The minimum Gasteiger partial charge on any atom is -1.00 e. The van der Waals surface area contributed by atoms with Crippen LogP contribution in [0.5, 0.6) is 0 Å². The molecule has 0 saturated heterocycles. The van der Waals surface area contributed by atoms with E-state index in [-0.39, 0.29) is 41.1 Å². The van der Waals surface area contributed by atoms with Crippen LogP contribution < -0.4 is 24.8 Å². The van der Waals surface area contributed by atoms with E-state index >= 15 is 0 Å². The molecule has 0 N–H and O–H groups in total. The van der Waals surface area contributed by atoms with Gasteiger partial charge in [-0.25, -0.2) is 11.1 Å². The van der Waals surface area contributed by atoms with Crippen molar-refractivity contribution >= 4 is 14.9 Å². The molecule has 4 aliphatic carbocycles. The van der Waals surface area contributed by atoms with Crippen LogP contribution >= 0.6 is 0 Å². The Morgan fingerprint density at radius 2 is 1.35 bits per heavy atom. The molecule has 1 unspecified atom stereocenters. The van der Waals surface area contributed by atoms with Gasteiger partial charge in [0.2, 0.25) is 0 Å². The molecule has 4 aliphatic rings. The summed E-state index contributed by atoms with van der Waals surface area (Å²) in [6.07, 6.45) is 12.8. The van der Waals surface area contributed by atoms with Crippen molar-refractivity contribution in [1.29, 1.82) is 0 Å². The van der Waals surface area contributed by atoms with Crippen molar-refractivity contribution in [3.8, 4) is 11.1 Å². The van der Waals surface area contributed by atoms with Crippen LogP contribution in [-0.2, 0) is 46.9 Å². The molecule has 0 aromatic heterocycles. The first-order valence-electron chi connectivity index (χ1n) is 17.4. The summed E-state index contributed by atoms with van der Waals surface area (Å²) >= 11 is 1.46. The maximum Gasteiger partial charge on any atom is 0.00873 e. The van der Waals surface area contributed by atoms with Crippen LogP contribution in [0.2, 0.25) is 0 Å². The van der Waals surface area contributed by atoms with E-state index in [0.717, 1.165) is 6.42 Å². The van der Waals surface area contributed by atoms with Crippen LogP contribution in [0.3, 0.4) is 0 Å². The summed E-state index contributed by atoms with van der Waals surface area (Å²) in [6.45, 7) is 29.2. The van der Waals surface area contributed by atoms with Gasteiger partial charge in [-0.05, 0) is 58.4 Å². The molecule has 258 valence electrons. The van der Waals surface area contributed by atoms with Crippen molar-refractivity contribution in [3.05, 3.63) is 128 Å². The van der Waals surface area contributed by atoms with E-state index in [1.165, 1.54) is 102 Å². The minimum absolute atomic E-state index is 0. The molecule has 3 aromatic carbocycles. The minimum atomic E-state index is 0. The van der Waals surface area contributed by atoms with Gasteiger partial charge in [0.05, 0.1) is 0 Å². The topological polar surface area (TPSA) is 0 Å². The zero-order valence-corrected chi connectivity index (χ0v) is 35.9. The maximum absolute atomic E-state index is 3.65. The smallest absolute Gasteiger partial charge is 0.00873 e. The second kappa shape index (κ2) is 15.3. The monoisotopic (exact) mass is 766 g/mol. The Bertz CT molecular complexity index is 1770. The predicted octanol–water partition coefficient (Wildman–Crippen LogP) is 6.11. The Kier molecular flexibility index (Phi) is 12.9. The summed E-state index contributed by atoms with van der Waals surface area (Å²) in [5.41, 5.74) is 20.4. The fourth-order valence-electron chi connectivity index (χ4n) is 7.84. The van der Waals surface area contributed by atoms with Gasteiger partial charge >= 0.3 is 89.5 Å². The zero-order chi connectivity index (χ0) is 34.6. The zero-order valence-electron chi connectivity index (χ0n) is 32.0. The van der Waals surface area contributed by atoms with Crippen LogP contribution in [0.25, 0.3) is 22.3 Å². The molecular formula is C46H54Cl2Zr-2. The van der Waals surface area contributed by atoms with Crippen LogP contribution in [0, 0.1) is 24.0 Å². The molecule has 0 heterocycles. The van der Waals surface area contributed by atoms with E-state index in [9.17, 15) is 0 Å². The summed E-state index contributed by atoms with van der Waals surface area (Å²) in [5.74, 6) is 1.20. The summed E-state index contributed by atoms with van der Waals surface area (Å²) in [6, 6.07) is 18.6. The van der Waals surface area contributed by atoms with Gasteiger partial charge in [-0.2, -0.15) is 17.2 Å². The van der Waals surface area contributed by atoms with Crippen molar-refractivity contribution in [1.82, 2.24) is 0 Å². The van der Waals surface area contributed by atoms with Crippen molar-refractivity contribution in [2.24, 2.45) is 11.8 Å². The summed E-state index contributed by atoms with van der Waals surface area (Å²) in [4.78, 5) is 0. The quantitative estimate of drug-likeness (QED) is 0.216. The van der Waals surface area contributed by atoms with Gasteiger partial charge < -0.3 is 24.8 Å². The van der Waals surface area contributed by atoms with Gasteiger partial charge in [0, 0.05) is 5.41 Å². The van der Waals surface area contributed by atoms with Crippen LogP contribution in [0.1, 0.15) is 135 Å². The van der Waals surface area contributed by atoms with Crippen LogP contribution in [-0.4, -0.2) is 3.71 Å². The molecule has 0 bridgehead atoms. The Morgan fingerprint density at radius 3 is 1.82 bits per heavy atom. The number of hydrogen-bond acceptors (Lipinski definition) is 0. The number of hydrogen-bond donors (Lipinski definition) is 0. The van der Waals surface area contributed by atoms with E-state index in [1.54, 1.807) is 0 Å². The van der Waals surface area contributed by atoms with E-state index < -0.39 is 0 Å². The maximum atomic E-state index is 3.65. The van der Waals surface area contributed by atoms with Gasteiger partial charge in [0.15, 0.2) is 0 Å². The van der Waals surface area contributed by atoms with Crippen molar-refractivity contribution in [3.63, 3.8) is 0 Å². The van der Waals surface area contributed by atoms with E-state index in [0.29, 0.717) is 11.8 Å². The molecule has 0 saturated carbocycles. The SMILES string of the molecule is CC(C)(C)c1ccc([CH]=[Zr+2])cc1.CC1=[C-]C(C)(C)c2cc3c(cc21)-c1cc2c(cc1C3)C(C)(C)C=C2C.CC1=[C-]C(C)C=C1C(C)C.[Cl-].[Cl-]. The Morgan fingerprint density at radius 1 is 0.796 bits per heavy atom. The number of halogens is 2. The summed E-state index contributed by atoms with van der Waals surface area (Å²) < 4.78 is 2.21. The number of fused-ring (bicyclic) bond motifs is 5. The molecule has 0 amide bonds. The number of allylic oxidation sites excluding steroid dienone is 8. The molecule has 0 radical (unpaired) electrons. The van der Waals surface area contributed by atoms with Crippen molar-refractivity contribution in [2.75, 3.05) is 0 Å². The van der Waals surface area contributed by atoms with E-state index in [1.807, 2.05) is 0 Å². The molecule has 0 nitrogen and oxygen atoms in total. The second-order valence-corrected chi connectivity index (χ2v) is 17.3. The first kappa shape index (κ1) is 41.4.